The van der Waals surface area contributed by atoms with E-state index >= 15 is 0 Å². The van der Waals surface area contributed by atoms with Crippen LogP contribution in [0.15, 0.2) is 36.7 Å². The molecule has 0 atom stereocenters. The molecule has 0 saturated heterocycles. The van der Waals surface area contributed by atoms with Gasteiger partial charge in [0, 0.05) is 24.1 Å². The number of hydrogen-bond donors (Lipinski definition) is 3. The lowest BCUT2D eigenvalue weighted by Gasteiger charge is -2.07. The molecular formula is C13H17N5O. The van der Waals surface area contributed by atoms with Gasteiger partial charge in [-0.1, -0.05) is 0 Å². The molecule has 2 amide bonds. The van der Waals surface area contributed by atoms with Gasteiger partial charge >= 0.3 is 6.03 Å². The number of nitrogens with zero attached hydrogens (tertiary/aromatic N) is 2. The Labute approximate surface area is 111 Å². The lowest BCUT2D eigenvalue weighted by molar-refractivity contribution is 0.251. The van der Waals surface area contributed by atoms with E-state index in [0.29, 0.717) is 24.5 Å². The van der Waals surface area contributed by atoms with Gasteiger partial charge in [0.05, 0.1) is 12.7 Å². The minimum atomic E-state index is -0.242. The molecule has 6 nitrogen and oxygen atoms in total. The summed E-state index contributed by atoms with van der Waals surface area (Å²) in [5, 5.41) is 9.62. The third kappa shape index (κ3) is 4.02. The average Bonchev–Trinajstić information content (AvgIpc) is 2.78. The van der Waals surface area contributed by atoms with Crippen LogP contribution in [0.2, 0.25) is 0 Å². The molecule has 0 spiro atoms. The van der Waals surface area contributed by atoms with Crippen LogP contribution in [-0.4, -0.2) is 22.4 Å². The van der Waals surface area contributed by atoms with Crippen molar-refractivity contribution in [3.8, 4) is 0 Å². The summed E-state index contributed by atoms with van der Waals surface area (Å²) in [6, 6.07) is 6.75. The van der Waals surface area contributed by atoms with E-state index in [1.807, 2.05) is 13.1 Å². The van der Waals surface area contributed by atoms with Crippen LogP contribution in [0, 0.1) is 6.92 Å². The highest BCUT2D eigenvalue weighted by molar-refractivity contribution is 5.89. The molecule has 0 aliphatic carbocycles. The van der Waals surface area contributed by atoms with Crippen molar-refractivity contribution in [1.29, 1.82) is 0 Å². The molecule has 2 aromatic rings. The lowest BCUT2D eigenvalue weighted by atomic mass is 10.3. The number of anilines is 2. The normalized spacial score (nSPS) is 10.2. The molecule has 0 radical (unpaired) electrons. The second-order valence-electron chi connectivity index (χ2n) is 4.28. The lowest BCUT2D eigenvalue weighted by Crippen LogP contribution is -2.31. The number of aromatic nitrogens is 2. The highest BCUT2D eigenvalue weighted by Crippen LogP contribution is 2.09. The van der Waals surface area contributed by atoms with E-state index in [-0.39, 0.29) is 6.03 Å². The minimum absolute atomic E-state index is 0.242. The maximum absolute atomic E-state index is 11.6. The zero-order valence-electron chi connectivity index (χ0n) is 10.8. The molecule has 0 fully saturated rings. The van der Waals surface area contributed by atoms with Gasteiger partial charge in [0.25, 0.3) is 0 Å². The van der Waals surface area contributed by atoms with Gasteiger partial charge in [-0.3, -0.25) is 4.68 Å². The summed E-state index contributed by atoms with van der Waals surface area (Å²) in [6.07, 6.45) is 3.72. The number of aryl methyl sites for hydroxylation is 1. The van der Waals surface area contributed by atoms with Gasteiger partial charge in [-0.05, 0) is 36.8 Å². The summed E-state index contributed by atoms with van der Waals surface area (Å²) in [4.78, 5) is 11.6. The monoisotopic (exact) mass is 259 g/mol. The van der Waals surface area contributed by atoms with E-state index in [0.717, 1.165) is 5.56 Å². The second-order valence-corrected chi connectivity index (χ2v) is 4.28. The van der Waals surface area contributed by atoms with Crippen LogP contribution in [0.1, 0.15) is 5.56 Å². The number of rotatable bonds is 4. The maximum atomic E-state index is 11.6. The van der Waals surface area contributed by atoms with Crippen molar-refractivity contribution < 1.29 is 4.79 Å². The molecular weight excluding hydrogens is 242 g/mol. The largest absolute Gasteiger partial charge is 0.399 e. The molecule has 0 unspecified atom stereocenters. The molecule has 100 valence electrons. The van der Waals surface area contributed by atoms with E-state index in [4.69, 9.17) is 5.73 Å². The molecule has 1 aromatic carbocycles. The Balaban J connectivity index is 1.74. The van der Waals surface area contributed by atoms with Crippen LogP contribution in [-0.2, 0) is 6.54 Å². The Morgan fingerprint density at radius 3 is 2.74 bits per heavy atom. The molecule has 4 N–H and O–H groups in total. The number of nitrogen functional groups attached to an aromatic ring is 1. The van der Waals surface area contributed by atoms with Crippen molar-refractivity contribution in [3.05, 3.63) is 42.2 Å². The van der Waals surface area contributed by atoms with Crippen LogP contribution in [0.25, 0.3) is 0 Å². The fourth-order valence-electron chi connectivity index (χ4n) is 1.61. The molecule has 0 aliphatic rings. The highest BCUT2D eigenvalue weighted by atomic mass is 16.2. The standard InChI is InChI=1S/C13H17N5O/c1-10-8-16-18(9-10)7-6-15-13(19)17-12-4-2-11(14)3-5-12/h2-5,8-9H,6-7,14H2,1H3,(H2,15,17,19). The predicted octanol–water partition coefficient (Wildman–Crippen LogP) is 1.60. The first-order chi connectivity index (χ1) is 9.13. The Bertz CT molecular complexity index is 546. The number of nitrogens with one attached hydrogen (secondary N) is 2. The van der Waals surface area contributed by atoms with Crippen LogP contribution < -0.4 is 16.4 Å². The number of amides is 2. The summed E-state index contributed by atoms with van der Waals surface area (Å²) in [5.41, 5.74) is 8.05. The van der Waals surface area contributed by atoms with Crippen LogP contribution in [0.3, 0.4) is 0 Å². The molecule has 0 saturated carbocycles. The minimum Gasteiger partial charge on any atom is -0.399 e. The van der Waals surface area contributed by atoms with E-state index < -0.39 is 0 Å². The molecule has 0 bridgehead atoms. The van der Waals surface area contributed by atoms with Crippen LogP contribution >= 0.6 is 0 Å². The third-order valence-electron chi connectivity index (χ3n) is 2.56. The van der Waals surface area contributed by atoms with Crippen LogP contribution in [0.4, 0.5) is 16.2 Å². The van der Waals surface area contributed by atoms with Gasteiger partial charge in [-0.25, -0.2) is 4.79 Å². The van der Waals surface area contributed by atoms with E-state index in [9.17, 15) is 4.79 Å². The average molecular weight is 259 g/mol. The Morgan fingerprint density at radius 1 is 1.37 bits per heavy atom. The van der Waals surface area contributed by atoms with Crippen molar-refractivity contribution in [1.82, 2.24) is 15.1 Å². The smallest absolute Gasteiger partial charge is 0.319 e. The van der Waals surface area contributed by atoms with Crippen molar-refractivity contribution in [2.45, 2.75) is 13.5 Å². The van der Waals surface area contributed by atoms with E-state index in [2.05, 4.69) is 15.7 Å². The first-order valence-corrected chi connectivity index (χ1v) is 6.03. The SMILES string of the molecule is Cc1cnn(CCNC(=O)Nc2ccc(N)cc2)c1. The van der Waals surface area contributed by atoms with Gasteiger partial charge in [0.15, 0.2) is 0 Å². The van der Waals surface area contributed by atoms with Gasteiger partial charge in [0.1, 0.15) is 0 Å². The fraction of sp³-hybridized carbons (Fsp3) is 0.231. The molecule has 6 heteroatoms. The molecule has 2 rings (SSSR count). The van der Waals surface area contributed by atoms with Crippen molar-refractivity contribution >= 4 is 17.4 Å². The number of urea groups is 1. The Kier molecular flexibility index (Phi) is 4.02. The Hall–Kier alpha value is -2.50. The second kappa shape index (κ2) is 5.90. The van der Waals surface area contributed by atoms with Gasteiger partial charge in [0.2, 0.25) is 0 Å². The number of benzene rings is 1. The summed E-state index contributed by atoms with van der Waals surface area (Å²) < 4.78 is 1.79. The predicted molar refractivity (Wildman–Crippen MR) is 74.8 cm³/mol. The van der Waals surface area contributed by atoms with Gasteiger partial charge in [-0.15, -0.1) is 0 Å². The number of carbonyl (C=O) groups is 1. The van der Waals surface area contributed by atoms with E-state index in [1.165, 1.54) is 0 Å². The zero-order valence-corrected chi connectivity index (χ0v) is 10.8. The fourth-order valence-corrected chi connectivity index (χ4v) is 1.61. The third-order valence-corrected chi connectivity index (χ3v) is 2.56. The number of nitrogens with two attached hydrogens (primary N) is 1. The topological polar surface area (TPSA) is 85.0 Å². The molecule has 0 aliphatic heterocycles. The quantitative estimate of drug-likeness (QED) is 0.729. The van der Waals surface area contributed by atoms with Crippen molar-refractivity contribution in [2.75, 3.05) is 17.6 Å². The molecule has 1 aromatic heterocycles. The zero-order chi connectivity index (χ0) is 13.7. The summed E-state index contributed by atoms with van der Waals surface area (Å²) in [5.74, 6) is 0. The molecule has 1 heterocycles. The van der Waals surface area contributed by atoms with Gasteiger partial charge < -0.3 is 16.4 Å². The van der Waals surface area contributed by atoms with Crippen molar-refractivity contribution in [2.24, 2.45) is 0 Å². The summed E-state index contributed by atoms with van der Waals surface area (Å²) >= 11 is 0. The Morgan fingerprint density at radius 2 is 2.11 bits per heavy atom. The maximum Gasteiger partial charge on any atom is 0.319 e. The van der Waals surface area contributed by atoms with Crippen molar-refractivity contribution in [3.63, 3.8) is 0 Å². The van der Waals surface area contributed by atoms with E-state index in [1.54, 1.807) is 35.1 Å². The highest BCUT2D eigenvalue weighted by Gasteiger charge is 2.01. The number of carbonyl (C=O) groups excluding carboxylic acids is 1. The molecule has 19 heavy (non-hydrogen) atoms. The number of hydrogen-bond acceptors (Lipinski definition) is 3. The van der Waals surface area contributed by atoms with Crippen LogP contribution in [0.5, 0.6) is 0 Å². The van der Waals surface area contributed by atoms with Gasteiger partial charge in [-0.2, -0.15) is 5.10 Å². The first-order valence-electron chi connectivity index (χ1n) is 6.03. The summed E-state index contributed by atoms with van der Waals surface area (Å²) in [6.45, 7) is 3.13. The first kappa shape index (κ1) is 12.9. The summed E-state index contributed by atoms with van der Waals surface area (Å²) in [7, 11) is 0.